The number of ether oxygens (including phenoxy) is 1. The fourth-order valence-electron chi connectivity index (χ4n) is 2.51. The smallest absolute Gasteiger partial charge is 0.277 e. The molecule has 29 heavy (non-hydrogen) atoms. The minimum atomic E-state index is -0.459. The van der Waals surface area contributed by atoms with E-state index >= 15 is 0 Å². The van der Waals surface area contributed by atoms with Gasteiger partial charge in [-0.25, -0.2) is 5.43 Å². The van der Waals surface area contributed by atoms with Gasteiger partial charge in [-0.15, -0.1) is 0 Å². The summed E-state index contributed by atoms with van der Waals surface area (Å²) in [4.78, 5) is 22.2. The first-order valence-corrected chi connectivity index (χ1v) is 8.86. The molecule has 3 rings (SSSR count). The van der Waals surface area contributed by atoms with Crippen LogP contribution in [0.4, 0.5) is 5.69 Å². The Bertz CT molecular complexity index is 1080. The van der Waals surface area contributed by atoms with E-state index in [9.17, 15) is 14.9 Å². The molecule has 8 nitrogen and oxygen atoms in total. The van der Waals surface area contributed by atoms with Crippen LogP contribution in [-0.2, 0) is 4.79 Å². The summed E-state index contributed by atoms with van der Waals surface area (Å²) in [6, 6.07) is 14.7. The van der Waals surface area contributed by atoms with E-state index in [0.29, 0.717) is 27.9 Å². The Hall–Kier alpha value is -3.65. The molecule has 0 unspecified atom stereocenters. The number of hydrazone groups is 1. The number of carbonyl (C=O) groups excluding carboxylic acids is 1. The Morgan fingerprint density at radius 1 is 1.28 bits per heavy atom. The topological polar surface area (TPSA) is 107 Å². The molecule has 2 aromatic carbocycles. The van der Waals surface area contributed by atoms with E-state index in [1.807, 2.05) is 0 Å². The third-order valence-corrected chi connectivity index (χ3v) is 4.20. The largest absolute Gasteiger partial charge is 0.482 e. The van der Waals surface area contributed by atoms with Gasteiger partial charge in [-0.2, -0.15) is 5.10 Å². The van der Waals surface area contributed by atoms with Gasteiger partial charge in [-0.3, -0.25) is 14.9 Å². The van der Waals surface area contributed by atoms with Crippen LogP contribution < -0.4 is 10.2 Å². The van der Waals surface area contributed by atoms with Crippen LogP contribution in [0.25, 0.3) is 11.3 Å². The predicted octanol–water partition coefficient (Wildman–Crippen LogP) is 4.35. The van der Waals surface area contributed by atoms with Crippen LogP contribution in [0.1, 0.15) is 11.3 Å². The van der Waals surface area contributed by atoms with Crippen molar-refractivity contribution < 1.29 is 18.9 Å². The van der Waals surface area contributed by atoms with Crippen molar-refractivity contribution in [2.45, 2.75) is 6.92 Å². The molecule has 0 spiro atoms. The highest BCUT2D eigenvalue weighted by molar-refractivity contribution is 6.32. The number of carbonyl (C=O) groups is 1. The summed E-state index contributed by atoms with van der Waals surface area (Å²) in [6.45, 7) is 1.52. The summed E-state index contributed by atoms with van der Waals surface area (Å²) in [5.41, 5.74) is 3.78. The number of nitro groups is 1. The molecular formula is C20H16ClN3O5. The van der Waals surface area contributed by atoms with Crippen molar-refractivity contribution in [1.82, 2.24) is 5.43 Å². The van der Waals surface area contributed by atoms with Gasteiger partial charge in [-0.05, 0) is 42.8 Å². The maximum absolute atomic E-state index is 11.8. The van der Waals surface area contributed by atoms with Crippen LogP contribution in [-0.4, -0.2) is 23.7 Å². The number of furan rings is 1. The molecule has 0 fully saturated rings. The van der Waals surface area contributed by atoms with Gasteiger partial charge in [-0.1, -0.05) is 23.7 Å². The summed E-state index contributed by atoms with van der Waals surface area (Å²) < 4.78 is 11.0. The molecule has 0 radical (unpaired) electrons. The number of nitro benzene ring substituents is 1. The molecule has 0 aliphatic carbocycles. The van der Waals surface area contributed by atoms with Crippen molar-refractivity contribution in [3.8, 4) is 17.1 Å². The third-order valence-electron chi connectivity index (χ3n) is 3.89. The average Bonchev–Trinajstić information content (AvgIpc) is 3.15. The minimum Gasteiger partial charge on any atom is -0.482 e. The Labute approximate surface area is 170 Å². The fourth-order valence-corrected chi connectivity index (χ4v) is 2.70. The standard InChI is InChI=1S/C20H16ClN3O5/c1-13-10-14(24(26)27)6-8-16(13)18-9-7-15(29-18)11-22-23-20(25)12-28-19-5-3-2-4-17(19)21/h2-11H,12H2,1H3,(H,23,25)/b22-11-. The number of nitrogens with zero attached hydrogens (tertiary/aromatic N) is 2. The molecule has 0 bridgehead atoms. The lowest BCUT2D eigenvalue weighted by Crippen LogP contribution is -2.24. The average molecular weight is 414 g/mol. The van der Waals surface area contributed by atoms with Gasteiger partial charge in [0, 0.05) is 17.7 Å². The van der Waals surface area contributed by atoms with E-state index in [0.717, 1.165) is 5.56 Å². The first-order chi connectivity index (χ1) is 13.9. The number of hydrogen-bond acceptors (Lipinski definition) is 6. The molecule has 148 valence electrons. The lowest BCUT2D eigenvalue weighted by Gasteiger charge is -2.06. The van der Waals surface area contributed by atoms with Crippen molar-refractivity contribution in [3.05, 3.63) is 81.1 Å². The number of aryl methyl sites for hydroxylation is 1. The number of amides is 1. The molecule has 0 saturated heterocycles. The molecule has 1 N–H and O–H groups in total. The second-order valence-corrected chi connectivity index (χ2v) is 6.38. The minimum absolute atomic E-state index is 0.0151. The van der Waals surface area contributed by atoms with Crippen molar-refractivity contribution in [1.29, 1.82) is 0 Å². The van der Waals surface area contributed by atoms with Crippen LogP contribution in [0.5, 0.6) is 5.75 Å². The molecule has 1 amide bonds. The molecular weight excluding hydrogens is 398 g/mol. The number of hydrogen-bond donors (Lipinski definition) is 1. The molecule has 0 atom stereocenters. The fraction of sp³-hybridized carbons (Fsp3) is 0.100. The summed E-state index contributed by atoms with van der Waals surface area (Å²) in [5, 5.41) is 15.1. The maximum atomic E-state index is 11.8. The van der Waals surface area contributed by atoms with E-state index in [-0.39, 0.29) is 12.3 Å². The van der Waals surface area contributed by atoms with Gasteiger partial charge in [0.25, 0.3) is 11.6 Å². The Morgan fingerprint density at radius 2 is 2.07 bits per heavy atom. The number of rotatable bonds is 7. The van der Waals surface area contributed by atoms with E-state index in [1.165, 1.54) is 18.3 Å². The molecule has 0 saturated carbocycles. The van der Waals surface area contributed by atoms with Gasteiger partial charge in [0.1, 0.15) is 17.3 Å². The highest BCUT2D eigenvalue weighted by atomic mass is 35.5. The first-order valence-electron chi connectivity index (χ1n) is 8.48. The predicted molar refractivity (Wildman–Crippen MR) is 108 cm³/mol. The zero-order valence-electron chi connectivity index (χ0n) is 15.3. The van der Waals surface area contributed by atoms with Crippen LogP contribution in [0.15, 0.2) is 64.1 Å². The Kier molecular flexibility index (Phi) is 6.25. The van der Waals surface area contributed by atoms with Crippen molar-refractivity contribution in [2.75, 3.05) is 6.61 Å². The second kappa shape index (κ2) is 9.03. The van der Waals surface area contributed by atoms with Crippen LogP contribution in [0.3, 0.4) is 0 Å². The van der Waals surface area contributed by atoms with E-state index in [2.05, 4.69) is 10.5 Å². The van der Waals surface area contributed by atoms with Crippen LogP contribution >= 0.6 is 11.6 Å². The Balaban J connectivity index is 1.57. The van der Waals surface area contributed by atoms with Gasteiger partial charge in [0.2, 0.25) is 0 Å². The van der Waals surface area contributed by atoms with Gasteiger partial charge >= 0.3 is 0 Å². The quantitative estimate of drug-likeness (QED) is 0.352. The van der Waals surface area contributed by atoms with Crippen molar-refractivity contribution in [2.24, 2.45) is 5.10 Å². The monoisotopic (exact) mass is 413 g/mol. The van der Waals surface area contributed by atoms with E-state index in [4.69, 9.17) is 20.8 Å². The number of nitrogens with one attached hydrogen (secondary N) is 1. The lowest BCUT2D eigenvalue weighted by molar-refractivity contribution is -0.384. The van der Waals surface area contributed by atoms with Gasteiger partial charge in [0.15, 0.2) is 6.61 Å². The van der Waals surface area contributed by atoms with Crippen LogP contribution in [0.2, 0.25) is 5.02 Å². The van der Waals surface area contributed by atoms with E-state index < -0.39 is 10.8 Å². The number of benzene rings is 2. The summed E-state index contributed by atoms with van der Waals surface area (Å²) in [7, 11) is 0. The third kappa shape index (κ3) is 5.20. The summed E-state index contributed by atoms with van der Waals surface area (Å²) in [5.74, 6) is 0.888. The molecule has 0 aliphatic rings. The van der Waals surface area contributed by atoms with Crippen LogP contribution in [0, 0.1) is 17.0 Å². The van der Waals surface area contributed by atoms with Crippen molar-refractivity contribution in [3.63, 3.8) is 0 Å². The summed E-state index contributed by atoms with van der Waals surface area (Å²) in [6.07, 6.45) is 1.34. The first kappa shape index (κ1) is 20.1. The molecule has 1 heterocycles. The number of halogens is 1. The summed E-state index contributed by atoms with van der Waals surface area (Å²) >= 11 is 5.95. The van der Waals surface area contributed by atoms with Gasteiger partial charge in [0.05, 0.1) is 16.2 Å². The molecule has 9 heteroatoms. The molecule has 3 aromatic rings. The number of para-hydroxylation sites is 1. The number of non-ortho nitro benzene ring substituents is 1. The lowest BCUT2D eigenvalue weighted by atomic mass is 10.1. The maximum Gasteiger partial charge on any atom is 0.277 e. The second-order valence-electron chi connectivity index (χ2n) is 5.97. The highest BCUT2D eigenvalue weighted by Gasteiger charge is 2.12. The SMILES string of the molecule is Cc1cc([N+](=O)[O-])ccc1-c1ccc(/C=N\NC(=O)COc2ccccc2Cl)o1. The van der Waals surface area contributed by atoms with Gasteiger partial charge < -0.3 is 9.15 Å². The zero-order chi connectivity index (χ0) is 20.8. The normalized spacial score (nSPS) is 10.8. The Morgan fingerprint density at radius 3 is 2.79 bits per heavy atom. The van der Waals surface area contributed by atoms with E-state index in [1.54, 1.807) is 49.4 Å². The highest BCUT2D eigenvalue weighted by Crippen LogP contribution is 2.28. The molecule has 0 aliphatic heterocycles. The van der Waals surface area contributed by atoms with Crippen molar-refractivity contribution >= 4 is 29.4 Å². The molecule has 1 aromatic heterocycles. The zero-order valence-corrected chi connectivity index (χ0v) is 16.1.